The molecule has 2 N–H and O–H groups in total. The average molecular weight is 465 g/mol. The van der Waals surface area contributed by atoms with Crippen LogP contribution in [0.25, 0.3) is 0 Å². The number of carbonyl (C=O) groups is 1. The zero-order chi connectivity index (χ0) is 24.0. The maximum absolute atomic E-state index is 12.2. The quantitative estimate of drug-likeness (QED) is 0.220. The van der Waals surface area contributed by atoms with Gasteiger partial charge in [0.2, 0.25) is 0 Å². The fourth-order valence-electron chi connectivity index (χ4n) is 2.93. The number of carbonyl (C=O) groups excluding carboxylic acids is 1. The molecular formula is C23H24N6O3S. The number of hydrazone groups is 1. The second-order valence-corrected chi connectivity index (χ2v) is 8.47. The topological polar surface area (TPSA) is 122 Å². The molecule has 0 aliphatic rings. The molecule has 170 valence electrons. The molecule has 0 saturated carbocycles. The first-order valence-corrected chi connectivity index (χ1v) is 10.9. The summed E-state index contributed by atoms with van der Waals surface area (Å²) in [6.45, 7) is 7.81. The lowest BCUT2D eigenvalue weighted by Crippen LogP contribution is -2.25. The number of hydrogen-bond donors (Lipinski definition) is 2. The Labute approximate surface area is 195 Å². The highest BCUT2D eigenvalue weighted by atomic mass is 32.2. The van der Waals surface area contributed by atoms with Crippen molar-refractivity contribution in [2.75, 3.05) is 11.9 Å². The number of benzene rings is 2. The van der Waals surface area contributed by atoms with Crippen LogP contribution in [0, 0.1) is 37.8 Å². The van der Waals surface area contributed by atoms with E-state index in [-0.39, 0.29) is 18.1 Å². The molecule has 0 saturated heterocycles. The van der Waals surface area contributed by atoms with Gasteiger partial charge in [0.1, 0.15) is 0 Å². The van der Waals surface area contributed by atoms with E-state index in [1.165, 1.54) is 35.7 Å². The summed E-state index contributed by atoms with van der Waals surface area (Å²) in [5, 5.41) is 18.8. The third-order valence-electron chi connectivity index (χ3n) is 4.72. The Morgan fingerprint density at radius 2 is 1.79 bits per heavy atom. The number of nitro benzene ring substituents is 1. The lowest BCUT2D eigenvalue weighted by Gasteiger charge is -2.08. The van der Waals surface area contributed by atoms with Gasteiger partial charge in [-0.2, -0.15) is 5.10 Å². The molecule has 33 heavy (non-hydrogen) atoms. The van der Waals surface area contributed by atoms with Crippen LogP contribution in [-0.4, -0.2) is 33.6 Å². The van der Waals surface area contributed by atoms with Crippen molar-refractivity contribution in [2.24, 2.45) is 5.10 Å². The Hall–Kier alpha value is -3.79. The van der Waals surface area contributed by atoms with Crippen LogP contribution in [0.5, 0.6) is 0 Å². The molecule has 3 rings (SSSR count). The molecule has 0 fully saturated rings. The van der Waals surface area contributed by atoms with E-state index in [1.54, 1.807) is 6.07 Å². The highest BCUT2D eigenvalue weighted by Crippen LogP contribution is 2.30. The van der Waals surface area contributed by atoms with Gasteiger partial charge in [-0.3, -0.25) is 14.9 Å². The molecule has 3 aromatic rings. The number of nitro groups is 1. The van der Waals surface area contributed by atoms with Gasteiger partial charge >= 0.3 is 0 Å². The highest BCUT2D eigenvalue weighted by Gasteiger charge is 2.13. The lowest BCUT2D eigenvalue weighted by atomic mass is 10.1. The number of aryl methyl sites for hydroxylation is 4. The summed E-state index contributed by atoms with van der Waals surface area (Å²) in [6.07, 6.45) is 1.38. The zero-order valence-electron chi connectivity index (χ0n) is 18.7. The van der Waals surface area contributed by atoms with Crippen molar-refractivity contribution in [2.45, 2.75) is 37.7 Å². The second-order valence-electron chi connectivity index (χ2n) is 7.46. The van der Waals surface area contributed by atoms with E-state index in [1.807, 2.05) is 52.0 Å². The molecule has 0 bridgehead atoms. The molecule has 1 amide bonds. The van der Waals surface area contributed by atoms with Crippen LogP contribution in [0.4, 0.5) is 11.4 Å². The normalized spacial score (nSPS) is 10.9. The smallest absolute Gasteiger partial charge is 0.270 e. The molecule has 2 aromatic carbocycles. The molecular weight excluding hydrogens is 440 g/mol. The van der Waals surface area contributed by atoms with Crippen molar-refractivity contribution in [1.29, 1.82) is 0 Å². The number of nitrogens with one attached hydrogen (secondary N) is 2. The predicted octanol–water partition coefficient (Wildman–Crippen LogP) is 4.33. The summed E-state index contributed by atoms with van der Waals surface area (Å²) in [6, 6.07) is 12.1. The van der Waals surface area contributed by atoms with Gasteiger partial charge in [-0.1, -0.05) is 6.07 Å². The van der Waals surface area contributed by atoms with Crippen LogP contribution in [-0.2, 0) is 4.79 Å². The Bertz CT molecular complexity index is 1210. The summed E-state index contributed by atoms with van der Waals surface area (Å²) in [4.78, 5) is 32.4. The number of non-ortho nitro benzene ring substituents is 1. The second kappa shape index (κ2) is 10.7. The molecule has 0 atom stereocenters. The van der Waals surface area contributed by atoms with Crippen LogP contribution in [0.15, 0.2) is 57.6 Å². The molecule has 0 radical (unpaired) electrons. The first-order valence-electron chi connectivity index (χ1n) is 10.1. The number of nitrogens with zero attached hydrogens (tertiary/aromatic N) is 4. The van der Waals surface area contributed by atoms with Crippen LogP contribution in [0.3, 0.4) is 0 Å². The van der Waals surface area contributed by atoms with E-state index in [9.17, 15) is 14.9 Å². The summed E-state index contributed by atoms with van der Waals surface area (Å²) in [5.74, 6) is -0.346. The average Bonchev–Trinajstić information content (AvgIpc) is 2.74. The third-order valence-corrected chi connectivity index (χ3v) is 5.68. The van der Waals surface area contributed by atoms with Gasteiger partial charge < -0.3 is 5.32 Å². The van der Waals surface area contributed by atoms with Crippen molar-refractivity contribution in [1.82, 2.24) is 15.4 Å². The fourth-order valence-corrected chi connectivity index (χ4v) is 3.87. The van der Waals surface area contributed by atoms with Gasteiger partial charge in [-0.05, 0) is 74.8 Å². The molecule has 0 unspecified atom stereocenters. The van der Waals surface area contributed by atoms with Gasteiger partial charge in [0.05, 0.1) is 17.7 Å². The predicted molar refractivity (Wildman–Crippen MR) is 129 cm³/mol. The maximum Gasteiger partial charge on any atom is 0.270 e. The maximum atomic E-state index is 12.2. The first kappa shape index (κ1) is 23.9. The van der Waals surface area contributed by atoms with E-state index in [2.05, 4.69) is 25.8 Å². The first-order chi connectivity index (χ1) is 15.7. The van der Waals surface area contributed by atoms with Crippen LogP contribution in [0.1, 0.15) is 28.1 Å². The summed E-state index contributed by atoms with van der Waals surface area (Å²) in [5.41, 5.74) is 7.62. The molecule has 10 heteroatoms. The van der Waals surface area contributed by atoms with Gasteiger partial charge in [0.15, 0.2) is 5.16 Å². The van der Waals surface area contributed by atoms with Gasteiger partial charge in [0, 0.05) is 39.7 Å². The van der Waals surface area contributed by atoms with Gasteiger partial charge in [0.25, 0.3) is 11.6 Å². The third kappa shape index (κ3) is 6.84. The summed E-state index contributed by atoms with van der Waals surface area (Å²) < 4.78 is 0. The van der Waals surface area contributed by atoms with Crippen molar-refractivity contribution in [3.8, 4) is 0 Å². The highest BCUT2D eigenvalue weighted by molar-refractivity contribution is 7.99. The Kier molecular flexibility index (Phi) is 7.73. The van der Waals surface area contributed by atoms with Gasteiger partial charge in [-0.15, -0.1) is 0 Å². The van der Waals surface area contributed by atoms with Crippen LogP contribution in [0.2, 0.25) is 0 Å². The van der Waals surface area contributed by atoms with Crippen molar-refractivity contribution >= 4 is 35.3 Å². The molecule has 0 spiro atoms. The molecule has 9 nitrogen and oxygen atoms in total. The fraction of sp³-hybridized carbons (Fsp3) is 0.217. The number of aromatic nitrogens is 2. The molecule has 0 aliphatic heterocycles. The zero-order valence-corrected chi connectivity index (χ0v) is 19.6. The number of hydrogen-bond acceptors (Lipinski definition) is 8. The number of rotatable bonds is 8. The van der Waals surface area contributed by atoms with E-state index < -0.39 is 4.92 Å². The monoisotopic (exact) mass is 464 g/mol. The van der Waals surface area contributed by atoms with Crippen molar-refractivity contribution in [3.63, 3.8) is 0 Å². The lowest BCUT2D eigenvalue weighted by molar-refractivity contribution is -0.384. The van der Waals surface area contributed by atoms with Crippen molar-refractivity contribution < 1.29 is 9.72 Å². The minimum Gasteiger partial charge on any atom is -0.376 e. The molecule has 1 heterocycles. The van der Waals surface area contributed by atoms with Crippen LogP contribution < -0.4 is 10.7 Å². The Balaban J connectivity index is 1.70. The SMILES string of the molecule is Cc1cc(C)nc(Sc2ccc([N+](=O)[O-])cc2/C=N/NC(=O)CNc2ccc(C)c(C)c2)n1. The molecule has 0 aliphatic carbocycles. The van der Waals surface area contributed by atoms with E-state index in [0.29, 0.717) is 15.6 Å². The van der Waals surface area contributed by atoms with Crippen LogP contribution >= 0.6 is 11.8 Å². The standard InChI is InChI=1S/C23H24N6O3S/c1-14-5-6-19(9-15(14)2)24-13-22(30)28-25-12-18-11-20(29(31)32)7-8-21(18)33-23-26-16(3)10-17(4)27-23/h5-12,24H,13H2,1-4H3,(H,28,30)/b25-12+. The minimum absolute atomic E-state index is 0.0345. The van der Waals surface area contributed by atoms with E-state index in [0.717, 1.165) is 22.6 Å². The summed E-state index contributed by atoms with van der Waals surface area (Å²) >= 11 is 1.27. The molecule has 1 aromatic heterocycles. The minimum atomic E-state index is -0.481. The number of amides is 1. The largest absolute Gasteiger partial charge is 0.376 e. The Morgan fingerprint density at radius 3 is 2.45 bits per heavy atom. The van der Waals surface area contributed by atoms with E-state index in [4.69, 9.17) is 0 Å². The Morgan fingerprint density at radius 1 is 1.06 bits per heavy atom. The van der Waals surface area contributed by atoms with Crippen molar-refractivity contribution in [3.05, 3.63) is 80.7 Å². The summed E-state index contributed by atoms with van der Waals surface area (Å²) in [7, 11) is 0. The number of anilines is 1. The van der Waals surface area contributed by atoms with E-state index >= 15 is 0 Å². The van der Waals surface area contributed by atoms with Gasteiger partial charge in [-0.25, -0.2) is 15.4 Å².